The summed E-state index contributed by atoms with van der Waals surface area (Å²) in [4.78, 5) is 18.0. The van der Waals surface area contributed by atoms with Gasteiger partial charge in [-0.2, -0.15) is 0 Å². The monoisotopic (exact) mass is 307 g/mol. The van der Waals surface area contributed by atoms with Crippen molar-refractivity contribution in [1.82, 2.24) is 9.97 Å². The van der Waals surface area contributed by atoms with Crippen LogP contribution in [0.4, 0.5) is 11.7 Å². The molecule has 0 radical (unpaired) electrons. The van der Waals surface area contributed by atoms with Gasteiger partial charge < -0.3 is 14.2 Å². The lowest BCUT2D eigenvalue weighted by Crippen LogP contribution is -1.92. The number of benzene rings is 2. The molecule has 0 aliphatic heterocycles. The Labute approximate surface area is 130 Å². The van der Waals surface area contributed by atoms with Gasteiger partial charge in [0.05, 0.1) is 11.7 Å². The van der Waals surface area contributed by atoms with E-state index < -0.39 is 5.76 Å². The summed E-state index contributed by atoms with van der Waals surface area (Å²) in [5.74, 6) is 0.205. The molecule has 0 atom stereocenters. The van der Waals surface area contributed by atoms with Gasteiger partial charge in [0.2, 0.25) is 0 Å². The van der Waals surface area contributed by atoms with Crippen molar-refractivity contribution in [3.63, 3.8) is 0 Å². The normalized spacial score (nSPS) is 11.0. The number of anilines is 2. The lowest BCUT2D eigenvalue weighted by atomic mass is 10.1. The zero-order chi connectivity index (χ0) is 15.8. The van der Waals surface area contributed by atoms with Crippen LogP contribution in [0.5, 0.6) is 0 Å². The fourth-order valence-electron chi connectivity index (χ4n) is 2.33. The highest BCUT2D eigenvalue weighted by Gasteiger charge is 2.08. The summed E-state index contributed by atoms with van der Waals surface area (Å²) in [6.07, 6.45) is 1.67. The Hall–Kier alpha value is -3.28. The van der Waals surface area contributed by atoms with Crippen LogP contribution in [0.15, 0.2) is 62.3 Å². The van der Waals surface area contributed by atoms with E-state index >= 15 is 0 Å². The van der Waals surface area contributed by atoms with E-state index in [2.05, 4.69) is 15.3 Å². The van der Waals surface area contributed by atoms with Crippen molar-refractivity contribution in [3.8, 4) is 11.3 Å². The molecule has 4 aromatic rings. The van der Waals surface area contributed by atoms with E-state index in [4.69, 9.17) is 8.83 Å². The number of aromatic amines is 1. The predicted molar refractivity (Wildman–Crippen MR) is 86.8 cm³/mol. The van der Waals surface area contributed by atoms with Crippen LogP contribution in [0, 0.1) is 6.92 Å². The summed E-state index contributed by atoms with van der Waals surface area (Å²) >= 11 is 0. The molecule has 0 aliphatic carbocycles. The van der Waals surface area contributed by atoms with E-state index in [1.54, 1.807) is 18.3 Å². The van der Waals surface area contributed by atoms with Crippen molar-refractivity contribution < 1.29 is 8.83 Å². The maximum Gasteiger partial charge on any atom is 0.417 e. The van der Waals surface area contributed by atoms with E-state index in [9.17, 15) is 4.79 Å². The summed E-state index contributed by atoms with van der Waals surface area (Å²) in [5, 5.41) is 3.05. The van der Waals surface area contributed by atoms with Crippen molar-refractivity contribution in [1.29, 1.82) is 0 Å². The summed E-state index contributed by atoms with van der Waals surface area (Å²) in [7, 11) is 0. The quantitative estimate of drug-likeness (QED) is 0.601. The average Bonchev–Trinajstić information content (AvgIpc) is 3.13. The molecule has 0 fully saturated rings. The van der Waals surface area contributed by atoms with Gasteiger partial charge in [-0.25, -0.2) is 9.78 Å². The van der Waals surface area contributed by atoms with Gasteiger partial charge in [0, 0.05) is 17.3 Å². The van der Waals surface area contributed by atoms with E-state index in [0.29, 0.717) is 22.9 Å². The second kappa shape index (κ2) is 5.17. The Bertz CT molecular complexity index is 1030. The molecule has 0 bridgehead atoms. The third-order valence-corrected chi connectivity index (χ3v) is 3.51. The van der Waals surface area contributed by atoms with Gasteiger partial charge in [-0.05, 0) is 19.1 Å². The van der Waals surface area contributed by atoms with Gasteiger partial charge in [-0.15, -0.1) is 0 Å². The largest absolute Gasteiger partial charge is 0.423 e. The summed E-state index contributed by atoms with van der Waals surface area (Å²) < 4.78 is 10.7. The van der Waals surface area contributed by atoms with Crippen LogP contribution in [0.1, 0.15) is 5.56 Å². The molecule has 0 aliphatic rings. The molecular formula is C17H13N3O3. The lowest BCUT2D eigenvalue weighted by molar-refractivity contribution is 0.555. The number of nitrogens with one attached hydrogen (secondary N) is 2. The molecule has 0 saturated carbocycles. The molecule has 0 unspecified atom stereocenters. The SMILES string of the molecule is Cc1ccc(-c2cnc(Nc3ccc4[nH]c(=O)oc4c3)o2)cc1. The van der Waals surface area contributed by atoms with Crippen LogP contribution < -0.4 is 11.1 Å². The number of hydrogen-bond acceptors (Lipinski definition) is 5. The Kier molecular flexibility index (Phi) is 3.01. The highest BCUT2D eigenvalue weighted by molar-refractivity contribution is 5.77. The van der Waals surface area contributed by atoms with Crippen molar-refractivity contribution in [2.45, 2.75) is 6.92 Å². The van der Waals surface area contributed by atoms with E-state index in [1.165, 1.54) is 5.56 Å². The van der Waals surface area contributed by atoms with Crippen molar-refractivity contribution in [2.75, 3.05) is 5.32 Å². The minimum atomic E-state index is -0.477. The Morgan fingerprint density at radius 3 is 2.74 bits per heavy atom. The Morgan fingerprint density at radius 1 is 1.09 bits per heavy atom. The van der Waals surface area contributed by atoms with Crippen LogP contribution in [0.2, 0.25) is 0 Å². The second-order valence-corrected chi connectivity index (χ2v) is 5.25. The highest BCUT2D eigenvalue weighted by atomic mass is 16.4. The molecule has 114 valence electrons. The van der Waals surface area contributed by atoms with E-state index in [0.717, 1.165) is 11.3 Å². The minimum absolute atomic E-state index is 0.373. The van der Waals surface area contributed by atoms with Crippen LogP contribution in [0.25, 0.3) is 22.4 Å². The first-order valence-corrected chi connectivity index (χ1v) is 7.10. The number of nitrogens with zero attached hydrogens (tertiary/aromatic N) is 1. The maximum absolute atomic E-state index is 11.2. The highest BCUT2D eigenvalue weighted by Crippen LogP contribution is 2.25. The Balaban J connectivity index is 1.60. The molecule has 0 spiro atoms. The van der Waals surface area contributed by atoms with E-state index in [1.807, 2.05) is 37.3 Å². The fourth-order valence-corrected chi connectivity index (χ4v) is 2.33. The zero-order valence-corrected chi connectivity index (χ0v) is 12.3. The molecule has 2 aromatic heterocycles. The van der Waals surface area contributed by atoms with Crippen molar-refractivity contribution in [3.05, 3.63) is 64.8 Å². The van der Waals surface area contributed by atoms with Crippen molar-refractivity contribution in [2.24, 2.45) is 0 Å². The first-order valence-electron chi connectivity index (χ1n) is 7.10. The van der Waals surface area contributed by atoms with Gasteiger partial charge in [-0.1, -0.05) is 29.8 Å². The van der Waals surface area contributed by atoms with Crippen LogP contribution in [-0.4, -0.2) is 9.97 Å². The number of aromatic nitrogens is 2. The summed E-state index contributed by atoms with van der Waals surface area (Å²) in [6.45, 7) is 2.03. The third kappa shape index (κ3) is 2.62. The first-order chi connectivity index (χ1) is 11.2. The molecule has 23 heavy (non-hydrogen) atoms. The molecule has 0 amide bonds. The van der Waals surface area contributed by atoms with Crippen LogP contribution >= 0.6 is 0 Å². The van der Waals surface area contributed by atoms with Crippen LogP contribution in [-0.2, 0) is 0 Å². The summed E-state index contributed by atoms with van der Waals surface area (Å²) in [5.41, 5.74) is 3.99. The Morgan fingerprint density at radius 2 is 1.91 bits per heavy atom. The standard InChI is InChI=1S/C17H13N3O3/c1-10-2-4-11(5-3-10)15-9-18-16(22-15)19-12-6-7-13-14(8-12)23-17(21)20-13/h2-9H,1H3,(H,18,19)(H,20,21). The maximum atomic E-state index is 11.2. The molecule has 6 heteroatoms. The van der Waals surface area contributed by atoms with Gasteiger partial charge in [-0.3, -0.25) is 4.98 Å². The molecule has 2 heterocycles. The lowest BCUT2D eigenvalue weighted by Gasteiger charge is -2.01. The summed E-state index contributed by atoms with van der Waals surface area (Å²) in [6, 6.07) is 13.7. The van der Waals surface area contributed by atoms with Crippen LogP contribution in [0.3, 0.4) is 0 Å². The van der Waals surface area contributed by atoms with Gasteiger partial charge >= 0.3 is 5.76 Å². The van der Waals surface area contributed by atoms with Gasteiger partial charge in [0.25, 0.3) is 6.01 Å². The molecule has 2 aromatic carbocycles. The number of oxazole rings is 2. The third-order valence-electron chi connectivity index (χ3n) is 3.51. The molecule has 6 nitrogen and oxygen atoms in total. The smallest absolute Gasteiger partial charge is 0.417 e. The minimum Gasteiger partial charge on any atom is -0.423 e. The topological polar surface area (TPSA) is 84.1 Å². The van der Waals surface area contributed by atoms with E-state index in [-0.39, 0.29) is 0 Å². The molecular weight excluding hydrogens is 294 g/mol. The van der Waals surface area contributed by atoms with Crippen molar-refractivity contribution >= 4 is 22.8 Å². The number of H-pyrrole nitrogens is 1. The predicted octanol–water partition coefficient (Wildman–Crippen LogP) is 3.83. The second-order valence-electron chi connectivity index (χ2n) is 5.25. The molecule has 0 saturated heterocycles. The number of rotatable bonds is 3. The van der Waals surface area contributed by atoms with Gasteiger partial charge in [0.15, 0.2) is 11.3 Å². The number of fused-ring (bicyclic) bond motifs is 1. The first kappa shape index (κ1) is 13.4. The number of hydrogen-bond donors (Lipinski definition) is 2. The number of aryl methyl sites for hydroxylation is 1. The molecule has 4 rings (SSSR count). The fraction of sp³-hybridized carbons (Fsp3) is 0.0588. The molecule has 2 N–H and O–H groups in total. The average molecular weight is 307 g/mol. The zero-order valence-electron chi connectivity index (χ0n) is 12.3. The van der Waals surface area contributed by atoms with Gasteiger partial charge in [0.1, 0.15) is 0 Å².